The molecule has 4 N–H and O–H groups in total. The molecule has 0 atom stereocenters. The van der Waals surface area contributed by atoms with Gasteiger partial charge in [-0.15, -0.1) is 13.2 Å². The summed E-state index contributed by atoms with van der Waals surface area (Å²) in [7, 11) is 0. The van der Waals surface area contributed by atoms with Crippen LogP contribution in [-0.4, -0.2) is 75.4 Å². The normalized spacial score (nSPS) is 10.3. The highest BCUT2D eigenvalue weighted by Crippen LogP contribution is 2.18. The van der Waals surface area contributed by atoms with Crippen molar-refractivity contribution in [2.75, 3.05) is 54.7 Å². The molecule has 10 heteroatoms. The Morgan fingerprint density at radius 1 is 0.652 bits per heavy atom. The third-order valence-corrected chi connectivity index (χ3v) is 2.83. The van der Waals surface area contributed by atoms with Gasteiger partial charge in [0.2, 0.25) is 17.8 Å². The molecule has 10 nitrogen and oxygen atoms in total. The van der Waals surface area contributed by atoms with Crippen LogP contribution < -0.4 is 14.7 Å². The van der Waals surface area contributed by atoms with Gasteiger partial charge in [0.1, 0.15) is 26.9 Å². The third kappa shape index (κ3) is 4.86. The van der Waals surface area contributed by atoms with Crippen molar-refractivity contribution in [1.29, 1.82) is 0 Å². The van der Waals surface area contributed by atoms with Crippen molar-refractivity contribution in [3.8, 4) is 0 Å². The molecule has 0 fully saturated rings. The van der Waals surface area contributed by atoms with Crippen molar-refractivity contribution < 1.29 is 20.4 Å². The fourth-order valence-electron chi connectivity index (χ4n) is 1.66. The topological polar surface area (TPSA) is 129 Å². The van der Waals surface area contributed by atoms with E-state index in [1.54, 1.807) is 17.1 Å². The molecule has 0 saturated heterocycles. The van der Waals surface area contributed by atoms with Crippen molar-refractivity contribution in [2.45, 2.75) is 0 Å². The number of aromatic nitrogens is 3. The molecule has 1 aromatic heterocycles. The lowest BCUT2D eigenvalue weighted by molar-refractivity contribution is 0.217. The molecule has 0 aliphatic heterocycles. The molecular weight excluding hydrogens is 304 g/mol. The summed E-state index contributed by atoms with van der Waals surface area (Å²) >= 11 is 0. The van der Waals surface area contributed by atoms with Crippen LogP contribution in [0, 0.1) is 0 Å². The fraction of sp³-hybridized carbons (Fsp3) is 0.462. The lowest BCUT2D eigenvalue weighted by Crippen LogP contribution is -2.33. The number of aliphatic hydroxyl groups excluding tert-OH is 4. The van der Waals surface area contributed by atoms with Crippen molar-refractivity contribution in [3.63, 3.8) is 0 Å². The molecule has 0 aliphatic carbocycles. The smallest absolute Gasteiger partial charge is 0.235 e. The van der Waals surface area contributed by atoms with Crippen LogP contribution in [0.3, 0.4) is 0 Å². The molecule has 0 bridgehead atoms. The predicted molar refractivity (Wildman–Crippen MR) is 85.7 cm³/mol. The Morgan fingerprint density at radius 2 is 0.957 bits per heavy atom. The van der Waals surface area contributed by atoms with Crippen LogP contribution in [0.1, 0.15) is 0 Å². The van der Waals surface area contributed by atoms with E-state index >= 15 is 0 Å². The Hall–Kier alpha value is -2.27. The SMILES string of the molecule is C=CCN(CC=C)c1nc(N(CO)CO)nc(N(CO)CO)n1. The van der Waals surface area contributed by atoms with Gasteiger partial charge >= 0.3 is 0 Å². The van der Waals surface area contributed by atoms with Gasteiger partial charge in [0.25, 0.3) is 0 Å². The standard InChI is InChI=1S/C13H22N6O4/c1-3-5-17(6-4-2)11-14-12(18(7-20)8-21)16-13(15-11)19(9-22)10-23/h3-4,20-23H,1-2,5-10H2. The van der Waals surface area contributed by atoms with Crippen molar-refractivity contribution in [2.24, 2.45) is 0 Å². The third-order valence-electron chi connectivity index (χ3n) is 2.83. The second kappa shape index (κ2) is 9.69. The first kappa shape index (κ1) is 18.8. The van der Waals surface area contributed by atoms with E-state index in [1.807, 2.05) is 0 Å². The van der Waals surface area contributed by atoms with Gasteiger partial charge < -0.3 is 25.3 Å². The van der Waals surface area contributed by atoms with Gasteiger partial charge in [0, 0.05) is 13.1 Å². The Bertz CT molecular complexity index is 467. The zero-order chi connectivity index (χ0) is 17.2. The highest BCUT2D eigenvalue weighted by atomic mass is 16.3. The van der Waals surface area contributed by atoms with Crippen molar-refractivity contribution in [3.05, 3.63) is 25.3 Å². The molecule has 128 valence electrons. The number of hydrogen-bond donors (Lipinski definition) is 4. The van der Waals surface area contributed by atoms with E-state index in [-0.39, 0.29) is 17.8 Å². The Kier molecular flexibility index (Phi) is 7.91. The quantitative estimate of drug-likeness (QED) is 0.280. The van der Waals surface area contributed by atoms with Gasteiger partial charge in [-0.3, -0.25) is 9.80 Å². The minimum atomic E-state index is -0.513. The number of nitrogens with zero attached hydrogens (tertiary/aromatic N) is 6. The van der Waals surface area contributed by atoms with E-state index in [1.165, 1.54) is 0 Å². The van der Waals surface area contributed by atoms with Crippen LogP contribution in [0.5, 0.6) is 0 Å². The summed E-state index contributed by atoms with van der Waals surface area (Å²) in [5, 5.41) is 37.1. The first-order valence-corrected chi connectivity index (χ1v) is 6.81. The molecule has 0 aromatic carbocycles. The second-order valence-corrected chi connectivity index (χ2v) is 4.36. The summed E-state index contributed by atoms with van der Waals surface area (Å²) in [5.41, 5.74) is 0. The molecule has 0 spiro atoms. The van der Waals surface area contributed by atoms with Gasteiger partial charge in [-0.2, -0.15) is 15.0 Å². The minimum absolute atomic E-state index is 0.0000227. The molecule has 0 saturated carbocycles. The first-order valence-electron chi connectivity index (χ1n) is 6.81. The van der Waals surface area contributed by atoms with Crippen molar-refractivity contribution >= 4 is 17.8 Å². The fourth-order valence-corrected chi connectivity index (χ4v) is 1.66. The number of aliphatic hydroxyl groups is 4. The predicted octanol–water partition coefficient (Wildman–Crippen LogP) is -1.54. The molecule has 23 heavy (non-hydrogen) atoms. The molecule has 0 amide bonds. The number of hydrogen-bond acceptors (Lipinski definition) is 10. The van der Waals surface area contributed by atoms with E-state index in [0.717, 1.165) is 9.80 Å². The zero-order valence-electron chi connectivity index (χ0n) is 12.8. The molecule has 0 unspecified atom stereocenters. The molecular formula is C13H22N6O4. The maximum absolute atomic E-state index is 9.27. The number of rotatable bonds is 11. The van der Waals surface area contributed by atoms with Crippen molar-refractivity contribution in [1.82, 2.24) is 15.0 Å². The minimum Gasteiger partial charge on any atom is -0.376 e. The lowest BCUT2D eigenvalue weighted by Gasteiger charge is -2.25. The summed E-state index contributed by atoms with van der Waals surface area (Å²) in [4.78, 5) is 16.3. The van der Waals surface area contributed by atoms with Crippen LogP contribution in [-0.2, 0) is 0 Å². The van der Waals surface area contributed by atoms with Crippen LogP contribution in [0.25, 0.3) is 0 Å². The maximum Gasteiger partial charge on any atom is 0.235 e. The summed E-state index contributed by atoms with van der Waals surface area (Å²) in [6, 6.07) is 0. The Labute approximate surface area is 134 Å². The average molecular weight is 326 g/mol. The van der Waals surface area contributed by atoms with Crippen LogP contribution in [0.15, 0.2) is 25.3 Å². The van der Waals surface area contributed by atoms with Gasteiger partial charge in [-0.25, -0.2) is 0 Å². The molecule has 0 aliphatic rings. The van der Waals surface area contributed by atoms with Crippen LogP contribution >= 0.6 is 0 Å². The highest BCUT2D eigenvalue weighted by molar-refractivity contribution is 5.46. The van der Waals surface area contributed by atoms with E-state index in [2.05, 4.69) is 28.1 Å². The largest absolute Gasteiger partial charge is 0.376 e. The molecule has 1 rings (SSSR count). The summed E-state index contributed by atoms with van der Waals surface area (Å²) in [5.74, 6) is 0.226. The van der Waals surface area contributed by atoms with E-state index in [9.17, 15) is 20.4 Å². The van der Waals surface area contributed by atoms with Gasteiger partial charge in [0.15, 0.2) is 0 Å². The molecule has 0 radical (unpaired) electrons. The zero-order valence-corrected chi connectivity index (χ0v) is 12.8. The maximum atomic E-state index is 9.27. The average Bonchev–Trinajstić information content (AvgIpc) is 2.57. The molecule has 1 aromatic rings. The van der Waals surface area contributed by atoms with Crippen LogP contribution in [0.4, 0.5) is 17.8 Å². The summed E-state index contributed by atoms with van der Waals surface area (Å²) in [6.07, 6.45) is 3.30. The lowest BCUT2D eigenvalue weighted by atomic mass is 10.4. The molecule has 1 heterocycles. The Morgan fingerprint density at radius 3 is 1.22 bits per heavy atom. The Balaban J connectivity index is 3.36. The first-order chi connectivity index (χ1) is 11.1. The second-order valence-electron chi connectivity index (χ2n) is 4.36. The number of anilines is 3. The summed E-state index contributed by atoms with van der Waals surface area (Å²) < 4.78 is 0. The summed E-state index contributed by atoms with van der Waals surface area (Å²) in [6.45, 7) is 6.11. The van der Waals surface area contributed by atoms with Crippen LogP contribution in [0.2, 0.25) is 0 Å². The van der Waals surface area contributed by atoms with E-state index < -0.39 is 26.9 Å². The van der Waals surface area contributed by atoms with E-state index in [4.69, 9.17) is 0 Å². The van der Waals surface area contributed by atoms with Gasteiger partial charge in [-0.1, -0.05) is 12.2 Å². The highest BCUT2D eigenvalue weighted by Gasteiger charge is 2.18. The van der Waals surface area contributed by atoms with Gasteiger partial charge in [0.05, 0.1) is 0 Å². The van der Waals surface area contributed by atoms with Gasteiger partial charge in [-0.05, 0) is 0 Å². The monoisotopic (exact) mass is 326 g/mol. The van der Waals surface area contributed by atoms with E-state index in [0.29, 0.717) is 13.1 Å².